The molecule has 2 rings (SSSR count). The van der Waals surface area contributed by atoms with Crippen molar-refractivity contribution in [1.82, 2.24) is 5.43 Å². The summed E-state index contributed by atoms with van der Waals surface area (Å²) in [4.78, 5) is 0. The van der Waals surface area contributed by atoms with Crippen LogP contribution in [0.25, 0.3) is 0 Å². The Hall–Kier alpha value is -0.160. The molecule has 2 aliphatic rings. The van der Waals surface area contributed by atoms with Crippen molar-refractivity contribution in [1.29, 1.82) is 0 Å². The zero-order chi connectivity index (χ0) is 10.5. The van der Waals surface area contributed by atoms with Crippen LogP contribution in [0.5, 0.6) is 0 Å². The lowest BCUT2D eigenvalue weighted by atomic mass is 9.87. The first-order valence-electron chi connectivity index (χ1n) is 6.07. The quantitative estimate of drug-likeness (QED) is 0.539. The first-order valence-corrected chi connectivity index (χ1v) is 6.07. The van der Waals surface area contributed by atoms with Crippen LogP contribution >= 0.6 is 0 Å². The Morgan fingerprint density at radius 3 is 2.67 bits per heavy atom. The van der Waals surface area contributed by atoms with Crippen LogP contribution in [0.4, 0.5) is 0 Å². The molecule has 0 aliphatic carbocycles. The summed E-state index contributed by atoms with van der Waals surface area (Å²) in [6.45, 7) is 2.62. The fraction of sp³-hybridized carbons (Fsp3) is 1.00. The molecule has 0 radical (unpaired) electrons. The van der Waals surface area contributed by atoms with Gasteiger partial charge in [0.15, 0.2) is 0 Å². The normalized spacial score (nSPS) is 35.0. The molecule has 4 heteroatoms. The van der Waals surface area contributed by atoms with Crippen molar-refractivity contribution in [3.63, 3.8) is 0 Å². The summed E-state index contributed by atoms with van der Waals surface area (Å²) < 4.78 is 11.3. The monoisotopic (exact) mass is 214 g/mol. The molecule has 0 amide bonds. The highest BCUT2D eigenvalue weighted by molar-refractivity contribution is 4.85. The van der Waals surface area contributed by atoms with Gasteiger partial charge in [-0.3, -0.25) is 11.3 Å². The molecule has 2 heterocycles. The molecule has 0 saturated carbocycles. The Morgan fingerprint density at radius 1 is 1.13 bits per heavy atom. The van der Waals surface area contributed by atoms with E-state index in [1.165, 1.54) is 19.3 Å². The van der Waals surface area contributed by atoms with Crippen LogP contribution in [0.1, 0.15) is 32.1 Å². The average Bonchev–Trinajstić information content (AvgIpc) is 2.33. The maximum atomic E-state index is 5.79. The number of hydrogen-bond donors (Lipinski definition) is 2. The van der Waals surface area contributed by atoms with Crippen LogP contribution < -0.4 is 11.3 Å². The molecule has 0 aromatic carbocycles. The molecular formula is C11H22N2O2. The molecule has 2 fully saturated rings. The van der Waals surface area contributed by atoms with E-state index in [1.54, 1.807) is 0 Å². The topological polar surface area (TPSA) is 56.5 Å². The summed E-state index contributed by atoms with van der Waals surface area (Å²) >= 11 is 0. The summed E-state index contributed by atoms with van der Waals surface area (Å²) in [5.74, 6) is 6.17. The Morgan fingerprint density at radius 2 is 2.07 bits per heavy atom. The van der Waals surface area contributed by atoms with Crippen molar-refractivity contribution in [3.05, 3.63) is 0 Å². The second-order valence-corrected chi connectivity index (χ2v) is 4.57. The summed E-state index contributed by atoms with van der Waals surface area (Å²) in [6, 6.07) is 0.269. The van der Waals surface area contributed by atoms with Gasteiger partial charge in [0, 0.05) is 19.1 Å². The molecule has 0 spiro atoms. The summed E-state index contributed by atoms with van der Waals surface area (Å²) in [7, 11) is 0. The molecule has 0 aromatic rings. The third-order valence-corrected chi connectivity index (χ3v) is 3.51. The van der Waals surface area contributed by atoms with E-state index in [0.717, 1.165) is 32.7 Å². The minimum Gasteiger partial charge on any atom is -0.381 e. The van der Waals surface area contributed by atoms with E-state index in [1.807, 2.05) is 0 Å². The lowest BCUT2D eigenvalue weighted by molar-refractivity contribution is -0.0465. The molecule has 88 valence electrons. The van der Waals surface area contributed by atoms with Crippen molar-refractivity contribution in [2.75, 3.05) is 19.8 Å². The summed E-state index contributed by atoms with van der Waals surface area (Å²) in [6.07, 6.45) is 6.22. The molecule has 3 unspecified atom stereocenters. The van der Waals surface area contributed by atoms with Gasteiger partial charge >= 0.3 is 0 Å². The fourth-order valence-electron chi connectivity index (χ4n) is 2.64. The minimum atomic E-state index is 0.269. The second-order valence-electron chi connectivity index (χ2n) is 4.57. The van der Waals surface area contributed by atoms with Gasteiger partial charge in [0.2, 0.25) is 0 Å². The number of nitrogens with one attached hydrogen (secondary N) is 1. The highest BCUT2D eigenvalue weighted by Crippen LogP contribution is 2.25. The summed E-state index contributed by atoms with van der Waals surface area (Å²) in [5, 5.41) is 0. The zero-order valence-corrected chi connectivity index (χ0v) is 9.28. The first-order chi connectivity index (χ1) is 7.42. The van der Waals surface area contributed by atoms with Gasteiger partial charge in [-0.1, -0.05) is 0 Å². The van der Waals surface area contributed by atoms with E-state index in [9.17, 15) is 0 Å². The van der Waals surface area contributed by atoms with Gasteiger partial charge in [0.1, 0.15) is 0 Å². The molecule has 0 aromatic heterocycles. The Balaban J connectivity index is 1.88. The predicted octanol–water partition coefficient (Wildman–Crippen LogP) is 0.814. The van der Waals surface area contributed by atoms with E-state index in [2.05, 4.69) is 5.43 Å². The number of hydrazine groups is 1. The van der Waals surface area contributed by atoms with Crippen molar-refractivity contribution in [3.8, 4) is 0 Å². The van der Waals surface area contributed by atoms with Crippen molar-refractivity contribution in [2.45, 2.75) is 44.2 Å². The van der Waals surface area contributed by atoms with E-state index >= 15 is 0 Å². The molecular weight excluding hydrogens is 192 g/mol. The Labute approximate surface area is 91.5 Å². The largest absolute Gasteiger partial charge is 0.381 e. The molecule has 2 saturated heterocycles. The zero-order valence-electron chi connectivity index (χ0n) is 9.28. The van der Waals surface area contributed by atoms with Gasteiger partial charge in [0.05, 0.1) is 18.8 Å². The van der Waals surface area contributed by atoms with E-state index in [-0.39, 0.29) is 12.1 Å². The van der Waals surface area contributed by atoms with E-state index < -0.39 is 0 Å². The fourth-order valence-corrected chi connectivity index (χ4v) is 2.64. The van der Waals surface area contributed by atoms with Crippen LogP contribution in [0.3, 0.4) is 0 Å². The Kier molecular flexibility index (Phi) is 4.38. The van der Waals surface area contributed by atoms with Gasteiger partial charge in [-0.15, -0.1) is 0 Å². The van der Waals surface area contributed by atoms with Gasteiger partial charge in [-0.2, -0.15) is 0 Å². The second kappa shape index (κ2) is 5.80. The molecule has 3 N–H and O–H groups in total. The molecule has 2 aliphatic heterocycles. The maximum Gasteiger partial charge on any atom is 0.0745 e. The highest BCUT2D eigenvalue weighted by atomic mass is 16.5. The maximum absolute atomic E-state index is 5.79. The molecule has 4 nitrogen and oxygen atoms in total. The lowest BCUT2D eigenvalue weighted by Crippen LogP contribution is -2.52. The number of rotatable bonds is 3. The van der Waals surface area contributed by atoms with Crippen LogP contribution in [0.15, 0.2) is 0 Å². The average molecular weight is 214 g/mol. The first kappa shape index (κ1) is 11.3. The highest BCUT2D eigenvalue weighted by Gasteiger charge is 2.31. The van der Waals surface area contributed by atoms with Gasteiger partial charge in [0.25, 0.3) is 0 Å². The standard InChI is InChI=1S/C11H22N2O2/c12-13-11(9-4-3-6-14-8-9)10-5-1-2-7-15-10/h9-11,13H,1-8,12H2. The van der Waals surface area contributed by atoms with Gasteiger partial charge in [-0.05, 0) is 32.1 Å². The van der Waals surface area contributed by atoms with Crippen LogP contribution in [-0.2, 0) is 9.47 Å². The number of hydrogen-bond acceptors (Lipinski definition) is 4. The van der Waals surface area contributed by atoms with Gasteiger partial charge < -0.3 is 9.47 Å². The third kappa shape index (κ3) is 2.91. The molecule has 0 bridgehead atoms. The number of nitrogens with two attached hydrogens (primary N) is 1. The van der Waals surface area contributed by atoms with Gasteiger partial charge in [-0.25, -0.2) is 0 Å². The van der Waals surface area contributed by atoms with Crippen molar-refractivity contribution in [2.24, 2.45) is 11.8 Å². The Bertz CT molecular complexity index is 159. The summed E-state index contributed by atoms with van der Waals surface area (Å²) in [5.41, 5.74) is 2.94. The number of ether oxygens (including phenoxy) is 2. The smallest absolute Gasteiger partial charge is 0.0745 e. The van der Waals surface area contributed by atoms with E-state index in [0.29, 0.717) is 5.92 Å². The van der Waals surface area contributed by atoms with Crippen molar-refractivity contribution < 1.29 is 9.47 Å². The molecule has 15 heavy (non-hydrogen) atoms. The van der Waals surface area contributed by atoms with Crippen molar-refractivity contribution >= 4 is 0 Å². The van der Waals surface area contributed by atoms with E-state index in [4.69, 9.17) is 15.3 Å². The lowest BCUT2D eigenvalue weighted by Gasteiger charge is -2.36. The van der Waals surface area contributed by atoms with Crippen LogP contribution in [0.2, 0.25) is 0 Å². The predicted molar refractivity (Wildman–Crippen MR) is 58.2 cm³/mol. The third-order valence-electron chi connectivity index (χ3n) is 3.51. The van der Waals surface area contributed by atoms with Crippen LogP contribution in [-0.4, -0.2) is 32.0 Å². The minimum absolute atomic E-state index is 0.269. The molecule has 3 atom stereocenters. The van der Waals surface area contributed by atoms with Crippen LogP contribution in [0, 0.1) is 5.92 Å². The SMILES string of the molecule is NNC(C1CCCOC1)C1CCCCO1.